The molecule has 2 aromatic carbocycles. The molecule has 1 N–H and O–H groups in total. The normalized spacial score (nSPS) is 10.4. The highest BCUT2D eigenvalue weighted by Crippen LogP contribution is 2.34. The van der Waals surface area contributed by atoms with E-state index in [9.17, 15) is 0 Å². The van der Waals surface area contributed by atoms with Gasteiger partial charge < -0.3 is 10.1 Å². The minimum Gasteiger partial charge on any atom is -0.492 e. The van der Waals surface area contributed by atoms with Crippen molar-refractivity contribution in [3.8, 4) is 5.75 Å². The fourth-order valence-electron chi connectivity index (χ4n) is 1.85. The van der Waals surface area contributed by atoms with Crippen LogP contribution in [0, 0.1) is 0 Å². The number of benzene rings is 2. The number of hydrogen-bond donors (Lipinski definition) is 1. The molecule has 0 aliphatic carbocycles. The molecule has 0 unspecified atom stereocenters. The van der Waals surface area contributed by atoms with Crippen molar-refractivity contribution in [3.05, 3.63) is 55.9 Å². The molecule has 0 fully saturated rings. The largest absolute Gasteiger partial charge is 0.492 e. The van der Waals surface area contributed by atoms with Crippen LogP contribution in [0.4, 0.5) is 5.69 Å². The Labute approximate surface area is 140 Å². The van der Waals surface area contributed by atoms with Crippen LogP contribution in [0.25, 0.3) is 0 Å². The number of halogens is 3. The molecule has 0 heterocycles. The number of rotatable bonds is 5. The Morgan fingerprint density at radius 3 is 2.65 bits per heavy atom. The van der Waals surface area contributed by atoms with E-state index in [0.717, 1.165) is 25.9 Å². The minimum atomic E-state index is 0.624. The summed E-state index contributed by atoms with van der Waals surface area (Å²) in [5.74, 6) is 0.857. The van der Waals surface area contributed by atoms with Gasteiger partial charge in [-0.1, -0.05) is 39.7 Å². The summed E-state index contributed by atoms with van der Waals surface area (Å²) in [6.45, 7) is 3.23. The van der Waals surface area contributed by atoms with Crippen molar-refractivity contribution in [2.24, 2.45) is 0 Å². The van der Waals surface area contributed by atoms with E-state index >= 15 is 0 Å². The smallest absolute Gasteiger partial charge is 0.138 e. The summed E-state index contributed by atoms with van der Waals surface area (Å²) >= 11 is 13.2. The number of hydrogen-bond acceptors (Lipinski definition) is 2. The Morgan fingerprint density at radius 1 is 1.20 bits per heavy atom. The average molecular weight is 420 g/mol. The Balaban J connectivity index is 2.22. The third-order valence-corrected chi connectivity index (χ3v) is 4.09. The molecule has 0 amide bonds. The van der Waals surface area contributed by atoms with Crippen LogP contribution in [-0.4, -0.2) is 6.61 Å². The second-order valence-corrected chi connectivity index (χ2v) is 6.32. The topological polar surface area (TPSA) is 21.3 Å². The molecule has 2 aromatic rings. The van der Waals surface area contributed by atoms with Crippen LogP contribution in [0.1, 0.15) is 12.5 Å². The monoisotopic (exact) mass is 417 g/mol. The fourth-order valence-corrected chi connectivity index (χ4v) is 3.48. The van der Waals surface area contributed by atoms with Crippen molar-refractivity contribution in [2.45, 2.75) is 13.5 Å². The average Bonchev–Trinajstić information content (AvgIpc) is 2.41. The first kappa shape index (κ1) is 15.7. The molecule has 106 valence electrons. The molecule has 0 saturated carbocycles. The molecule has 0 aromatic heterocycles. The highest BCUT2D eigenvalue weighted by molar-refractivity contribution is 9.11. The van der Waals surface area contributed by atoms with Gasteiger partial charge in [-0.25, -0.2) is 0 Å². The predicted octanol–water partition coefficient (Wildman–Crippen LogP) is 5.88. The lowest BCUT2D eigenvalue weighted by molar-refractivity contribution is 0.334. The maximum Gasteiger partial charge on any atom is 0.138 e. The number of nitrogens with one attached hydrogen (secondary N) is 1. The van der Waals surface area contributed by atoms with Crippen molar-refractivity contribution < 1.29 is 4.74 Å². The van der Waals surface area contributed by atoms with Crippen molar-refractivity contribution >= 4 is 49.1 Å². The van der Waals surface area contributed by atoms with Crippen molar-refractivity contribution in [2.75, 3.05) is 11.9 Å². The summed E-state index contributed by atoms with van der Waals surface area (Å²) in [5.41, 5.74) is 1.97. The maximum atomic E-state index is 6.14. The number of anilines is 1. The van der Waals surface area contributed by atoms with Crippen LogP contribution in [-0.2, 0) is 6.54 Å². The molecule has 0 saturated heterocycles. The van der Waals surface area contributed by atoms with E-state index in [0.29, 0.717) is 18.2 Å². The summed E-state index contributed by atoms with van der Waals surface area (Å²) in [4.78, 5) is 0. The zero-order valence-corrected chi connectivity index (χ0v) is 14.8. The van der Waals surface area contributed by atoms with E-state index in [1.54, 1.807) is 0 Å². The van der Waals surface area contributed by atoms with Gasteiger partial charge in [0.15, 0.2) is 0 Å². The Morgan fingerprint density at radius 2 is 1.95 bits per heavy atom. The maximum absolute atomic E-state index is 6.14. The highest BCUT2D eigenvalue weighted by Gasteiger charge is 2.10. The van der Waals surface area contributed by atoms with Gasteiger partial charge in [0.25, 0.3) is 0 Å². The Kier molecular flexibility index (Phi) is 5.75. The van der Waals surface area contributed by atoms with Crippen LogP contribution in [0.5, 0.6) is 5.75 Å². The first-order valence-corrected chi connectivity index (χ1v) is 8.17. The molecule has 0 spiro atoms. The molecule has 0 aliphatic heterocycles. The van der Waals surface area contributed by atoms with Crippen LogP contribution in [0.2, 0.25) is 5.02 Å². The van der Waals surface area contributed by atoms with E-state index in [4.69, 9.17) is 16.3 Å². The van der Waals surface area contributed by atoms with E-state index in [-0.39, 0.29) is 0 Å². The molecular formula is C15H14Br2ClNO. The molecule has 0 atom stereocenters. The molecule has 20 heavy (non-hydrogen) atoms. The summed E-state index contributed by atoms with van der Waals surface area (Å²) in [6.07, 6.45) is 0. The van der Waals surface area contributed by atoms with E-state index in [1.807, 2.05) is 43.3 Å². The van der Waals surface area contributed by atoms with E-state index < -0.39 is 0 Å². The Hall–Kier alpha value is -0.710. The first-order chi connectivity index (χ1) is 9.61. The summed E-state index contributed by atoms with van der Waals surface area (Å²) in [7, 11) is 0. The molecule has 5 heteroatoms. The van der Waals surface area contributed by atoms with Gasteiger partial charge in [-0.3, -0.25) is 0 Å². The quantitative estimate of drug-likeness (QED) is 0.654. The highest BCUT2D eigenvalue weighted by atomic mass is 79.9. The molecular weight excluding hydrogens is 405 g/mol. The third kappa shape index (κ3) is 3.90. The first-order valence-electron chi connectivity index (χ1n) is 6.21. The second kappa shape index (κ2) is 7.34. The van der Waals surface area contributed by atoms with Gasteiger partial charge in [0.2, 0.25) is 0 Å². The van der Waals surface area contributed by atoms with Gasteiger partial charge in [0, 0.05) is 16.6 Å². The zero-order valence-electron chi connectivity index (χ0n) is 10.9. The van der Waals surface area contributed by atoms with Crippen molar-refractivity contribution in [1.82, 2.24) is 0 Å². The lowest BCUT2D eigenvalue weighted by atomic mass is 10.2. The number of para-hydroxylation sites is 1. The fraction of sp³-hybridized carbons (Fsp3) is 0.200. The molecule has 2 rings (SSSR count). The van der Waals surface area contributed by atoms with Gasteiger partial charge in [-0.2, -0.15) is 0 Å². The standard InChI is InChI=1S/C15H14Br2ClNO/c1-2-20-15-10(7-11(16)8-12(15)17)9-19-14-6-4-3-5-13(14)18/h3-8,19H,2,9H2,1H3. The van der Waals surface area contributed by atoms with Gasteiger partial charge in [-0.15, -0.1) is 0 Å². The summed E-state index contributed by atoms with van der Waals surface area (Å²) < 4.78 is 7.64. The predicted molar refractivity (Wildman–Crippen MR) is 91.8 cm³/mol. The number of ether oxygens (including phenoxy) is 1. The SMILES string of the molecule is CCOc1c(Br)cc(Br)cc1CNc1ccccc1Cl. The van der Waals surface area contributed by atoms with E-state index in [2.05, 4.69) is 37.2 Å². The summed E-state index contributed by atoms with van der Waals surface area (Å²) in [5, 5.41) is 4.04. The van der Waals surface area contributed by atoms with Crippen LogP contribution < -0.4 is 10.1 Å². The van der Waals surface area contributed by atoms with Crippen LogP contribution in [0.15, 0.2) is 45.3 Å². The lowest BCUT2D eigenvalue weighted by Crippen LogP contribution is -2.04. The van der Waals surface area contributed by atoms with Crippen LogP contribution >= 0.6 is 43.5 Å². The Bertz CT molecular complexity index is 604. The second-order valence-electron chi connectivity index (χ2n) is 4.14. The van der Waals surface area contributed by atoms with E-state index in [1.165, 1.54) is 0 Å². The van der Waals surface area contributed by atoms with Gasteiger partial charge in [0.1, 0.15) is 5.75 Å². The van der Waals surface area contributed by atoms with Crippen molar-refractivity contribution in [1.29, 1.82) is 0 Å². The molecule has 0 radical (unpaired) electrons. The van der Waals surface area contributed by atoms with Crippen molar-refractivity contribution in [3.63, 3.8) is 0 Å². The van der Waals surface area contributed by atoms with Gasteiger partial charge in [-0.05, 0) is 47.1 Å². The van der Waals surface area contributed by atoms with Gasteiger partial charge in [0.05, 0.1) is 21.8 Å². The molecule has 0 bridgehead atoms. The molecule has 2 nitrogen and oxygen atoms in total. The summed E-state index contributed by atoms with van der Waals surface area (Å²) in [6, 6.07) is 11.7. The molecule has 0 aliphatic rings. The van der Waals surface area contributed by atoms with Gasteiger partial charge >= 0.3 is 0 Å². The minimum absolute atomic E-state index is 0.624. The third-order valence-electron chi connectivity index (χ3n) is 2.72. The van der Waals surface area contributed by atoms with Crippen LogP contribution in [0.3, 0.4) is 0 Å². The zero-order chi connectivity index (χ0) is 14.5. The lowest BCUT2D eigenvalue weighted by Gasteiger charge is -2.15.